The van der Waals surface area contributed by atoms with Gasteiger partial charge in [-0.15, -0.1) is 24.0 Å². The van der Waals surface area contributed by atoms with Gasteiger partial charge in [0.1, 0.15) is 11.5 Å². The molecule has 5 nitrogen and oxygen atoms in total. The topological polar surface area (TPSA) is 68.9 Å². The standard InChI is InChI=1S/C13H19N3O2.HI/c1-8-6-10(8)15-13(14)16-11-7-9(17-2)4-5-12(11)18-3;/h4-5,7-8,10H,6H2,1-3H3,(H3,14,15,16);1H. The van der Waals surface area contributed by atoms with Gasteiger partial charge in [0.05, 0.1) is 25.9 Å². The molecule has 0 heterocycles. The number of halogens is 1. The quantitative estimate of drug-likeness (QED) is 0.481. The zero-order valence-corrected chi connectivity index (χ0v) is 13.7. The molecular weight excluding hydrogens is 357 g/mol. The Morgan fingerprint density at radius 1 is 1.37 bits per heavy atom. The van der Waals surface area contributed by atoms with Gasteiger partial charge in [-0.2, -0.15) is 0 Å². The third kappa shape index (κ3) is 4.15. The second-order valence-corrected chi connectivity index (χ2v) is 4.49. The largest absolute Gasteiger partial charge is 0.497 e. The Labute approximate surface area is 130 Å². The lowest BCUT2D eigenvalue weighted by Gasteiger charge is -2.12. The van der Waals surface area contributed by atoms with Gasteiger partial charge in [-0.25, -0.2) is 4.99 Å². The fourth-order valence-electron chi connectivity index (χ4n) is 1.74. The fourth-order valence-corrected chi connectivity index (χ4v) is 1.74. The molecule has 2 rings (SSSR count). The number of nitrogens with zero attached hydrogens (tertiary/aromatic N) is 1. The molecule has 1 aromatic rings. The molecule has 0 bridgehead atoms. The van der Waals surface area contributed by atoms with Crippen LogP contribution in [0.15, 0.2) is 23.2 Å². The predicted molar refractivity (Wildman–Crippen MR) is 87.8 cm³/mol. The molecule has 0 saturated heterocycles. The second-order valence-electron chi connectivity index (χ2n) is 4.49. The van der Waals surface area contributed by atoms with E-state index in [0.717, 1.165) is 17.9 Å². The van der Waals surface area contributed by atoms with Crippen molar-refractivity contribution in [2.24, 2.45) is 16.6 Å². The highest BCUT2D eigenvalue weighted by atomic mass is 127. The van der Waals surface area contributed by atoms with Crippen molar-refractivity contribution >= 4 is 35.6 Å². The highest BCUT2D eigenvalue weighted by Gasteiger charge is 2.32. The summed E-state index contributed by atoms with van der Waals surface area (Å²) in [5, 5.41) is 3.05. The van der Waals surface area contributed by atoms with Gasteiger partial charge in [0.15, 0.2) is 5.96 Å². The summed E-state index contributed by atoms with van der Waals surface area (Å²) >= 11 is 0. The van der Waals surface area contributed by atoms with Crippen LogP contribution in [-0.2, 0) is 0 Å². The molecule has 19 heavy (non-hydrogen) atoms. The molecule has 0 spiro atoms. The van der Waals surface area contributed by atoms with E-state index >= 15 is 0 Å². The number of guanidine groups is 1. The highest BCUT2D eigenvalue weighted by molar-refractivity contribution is 14.0. The van der Waals surface area contributed by atoms with Crippen LogP contribution in [0, 0.1) is 5.92 Å². The lowest BCUT2D eigenvalue weighted by Crippen LogP contribution is -2.23. The Bertz CT molecular complexity index is 465. The Morgan fingerprint density at radius 3 is 2.58 bits per heavy atom. The number of nitrogens with one attached hydrogen (secondary N) is 1. The van der Waals surface area contributed by atoms with Crippen LogP contribution in [0.1, 0.15) is 13.3 Å². The van der Waals surface area contributed by atoms with Crippen molar-refractivity contribution in [3.05, 3.63) is 18.2 Å². The van der Waals surface area contributed by atoms with Crippen LogP contribution >= 0.6 is 24.0 Å². The lowest BCUT2D eigenvalue weighted by atomic mass is 10.2. The van der Waals surface area contributed by atoms with E-state index in [1.54, 1.807) is 14.2 Å². The Morgan fingerprint density at radius 2 is 2.05 bits per heavy atom. The molecular formula is C13H20IN3O2. The van der Waals surface area contributed by atoms with E-state index in [1.807, 2.05) is 18.2 Å². The van der Waals surface area contributed by atoms with Crippen LogP contribution in [0.3, 0.4) is 0 Å². The normalized spacial score (nSPS) is 21.3. The van der Waals surface area contributed by atoms with Crippen molar-refractivity contribution in [3.8, 4) is 11.5 Å². The van der Waals surface area contributed by atoms with E-state index in [-0.39, 0.29) is 24.0 Å². The summed E-state index contributed by atoms with van der Waals surface area (Å²) in [4.78, 5) is 4.38. The molecule has 0 aromatic heterocycles. The zero-order chi connectivity index (χ0) is 13.1. The smallest absolute Gasteiger partial charge is 0.193 e. The summed E-state index contributed by atoms with van der Waals surface area (Å²) in [6.45, 7) is 2.16. The number of rotatable bonds is 4. The molecule has 1 aliphatic carbocycles. The van der Waals surface area contributed by atoms with Gasteiger partial charge in [0.25, 0.3) is 0 Å². The fraction of sp³-hybridized carbons (Fsp3) is 0.462. The maximum atomic E-state index is 5.87. The molecule has 0 aliphatic heterocycles. The average molecular weight is 377 g/mol. The van der Waals surface area contributed by atoms with Crippen LogP contribution in [0.2, 0.25) is 0 Å². The molecule has 3 N–H and O–H groups in total. The zero-order valence-electron chi connectivity index (χ0n) is 11.3. The molecule has 6 heteroatoms. The number of aliphatic imine (C=N–C) groups is 1. The van der Waals surface area contributed by atoms with Gasteiger partial charge < -0.3 is 20.5 Å². The third-order valence-corrected chi connectivity index (χ3v) is 3.04. The summed E-state index contributed by atoms with van der Waals surface area (Å²) in [6, 6.07) is 5.85. The molecule has 2 atom stereocenters. The molecule has 1 aliphatic rings. The van der Waals surface area contributed by atoms with E-state index < -0.39 is 0 Å². The van der Waals surface area contributed by atoms with Crippen molar-refractivity contribution in [2.45, 2.75) is 19.4 Å². The first-order valence-electron chi connectivity index (χ1n) is 5.96. The van der Waals surface area contributed by atoms with E-state index in [2.05, 4.69) is 17.2 Å². The van der Waals surface area contributed by atoms with Crippen molar-refractivity contribution in [3.63, 3.8) is 0 Å². The van der Waals surface area contributed by atoms with Gasteiger partial charge in [-0.05, 0) is 24.5 Å². The number of ether oxygens (including phenoxy) is 2. The molecule has 1 aromatic carbocycles. The number of hydrogen-bond donors (Lipinski definition) is 2. The summed E-state index contributed by atoms with van der Waals surface area (Å²) < 4.78 is 10.4. The van der Waals surface area contributed by atoms with E-state index in [1.165, 1.54) is 0 Å². The molecule has 2 unspecified atom stereocenters. The number of nitrogens with two attached hydrogens (primary N) is 1. The highest BCUT2D eigenvalue weighted by Crippen LogP contribution is 2.33. The average Bonchev–Trinajstić information content (AvgIpc) is 3.04. The lowest BCUT2D eigenvalue weighted by molar-refractivity contribution is 0.405. The maximum Gasteiger partial charge on any atom is 0.193 e. The maximum absolute atomic E-state index is 5.87. The van der Waals surface area contributed by atoms with Crippen LogP contribution in [0.4, 0.5) is 5.69 Å². The van der Waals surface area contributed by atoms with E-state index in [4.69, 9.17) is 15.2 Å². The minimum Gasteiger partial charge on any atom is -0.497 e. The van der Waals surface area contributed by atoms with Gasteiger partial charge in [-0.1, -0.05) is 6.92 Å². The molecule has 0 radical (unpaired) electrons. The number of anilines is 1. The first-order valence-corrected chi connectivity index (χ1v) is 5.96. The first kappa shape index (κ1) is 15.9. The molecule has 1 saturated carbocycles. The summed E-state index contributed by atoms with van der Waals surface area (Å²) in [7, 11) is 3.23. The minimum atomic E-state index is 0. The van der Waals surface area contributed by atoms with Gasteiger partial charge in [0.2, 0.25) is 0 Å². The van der Waals surface area contributed by atoms with E-state index in [0.29, 0.717) is 23.7 Å². The minimum absolute atomic E-state index is 0. The van der Waals surface area contributed by atoms with Crippen LogP contribution in [0.25, 0.3) is 0 Å². The third-order valence-electron chi connectivity index (χ3n) is 3.04. The summed E-state index contributed by atoms with van der Waals surface area (Å²) in [5.74, 6) is 2.50. The molecule has 1 fully saturated rings. The molecule has 0 amide bonds. The van der Waals surface area contributed by atoms with Crippen LogP contribution in [0.5, 0.6) is 11.5 Å². The summed E-state index contributed by atoms with van der Waals surface area (Å²) in [5.41, 5.74) is 6.62. The Balaban J connectivity index is 0.00000180. The number of benzene rings is 1. The van der Waals surface area contributed by atoms with Crippen molar-refractivity contribution in [1.82, 2.24) is 0 Å². The van der Waals surface area contributed by atoms with Gasteiger partial charge in [0, 0.05) is 6.07 Å². The van der Waals surface area contributed by atoms with Crippen molar-refractivity contribution in [1.29, 1.82) is 0 Å². The van der Waals surface area contributed by atoms with Crippen molar-refractivity contribution < 1.29 is 9.47 Å². The monoisotopic (exact) mass is 377 g/mol. The van der Waals surface area contributed by atoms with Crippen molar-refractivity contribution in [2.75, 3.05) is 19.5 Å². The van der Waals surface area contributed by atoms with E-state index in [9.17, 15) is 0 Å². The predicted octanol–water partition coefficient (Wildman–Crippen LogP) is 2.46. The van der Waals surface area contributed by atoms with Gasteiger partial charge >= 0.3 is 0 Å². The van der Waals surface area contributed by atoms with Crippen LogP contribution < -0.4 is 20.5 Å². The Hall–Kier alpha value is -1.18. The Kier molecular flexibility index (Phi) is 5.71. The first-order chi connectivity index (χ1) is 8.63. The SMILES string of the molecule is COc1ccc(OC)c(NC(N)=NC2CC2C)c1.I. The van der Waals surface area contributed by atoms with Gasteiger partial charge in [-0.3, -0.25) is 0 Å². The second kappa shape index (κ2) is 6.83. The number of hydrogen-bond acceptors (Lipinski definition) is 3. The number of methoxy groups -OCH3 is 2. The summed E-state index contributed by atoms with van der Waals surface area (Å²) in [6.07, 6.45) is 1.11. The van der Waals surface area contributed by atoms with Crippen LogP contribution in [-0.4, -0.2) is 26.2 Å². The molecule has 106 valence electrons.